The Bertz CT molecular complexity index is 1130. The van der Waals surface area contributed by atoms with Crippen molar-refractivity contribution in [3.8, 4) is 10.6 Å². The number of carbonyl (C=O) groups is 1. The van der Waals surface area contributed by atoms with Gasteiger partial charge in [-0.3, -0.25) is 15.0 Å². The Hall–Kier alpha value is -2.32. The zero-order valence-electron chi connectivity index (χ0n) is 19.8. The zero-order valence-corrected chi connectivity index (χ0v) is 20.6. The highest BCUT2D eigenvalue weighted by Crippen LogP contribution is 2.34. The molecule has 1 aromatic carbocycles. The van der Waals surface area contributed by atoms with E-state index in [9.17, 15) is 9.90 Å². The molecule has 0 spiro atoms. The first-order valence-electron chi connectivity index (χ1n) is 12.5. The highest BCUT2D eigenvalue weighted by Gasteiger charge is 2.28. The average molecular weight is 479 g/mol. The minimum Gasteiger partial charge on any atom is -0.377 e. The van der Waals surface area contributed by atoms with Crippen LogP contribution in [0.5, 0.6) is 0 Å². The van der Waals surface area contributed by atoms with E-state index in [1.807, 2.05) is 30.3 Å². The van der Waals surface area contributed by atoms with Crippen LogP contribution in [0.3, 0.4) is 0 Å². The van der Waals surface area contributed by atoms with Gasteiger partial charge in [-0.25, -0.2) is 4.98 Å². The maximum Gasteiger partial charge on any atom is 0.252 e. The molecule has 180 valence electrons. The molecule has 1 aliphatic heterocycles. The summed E-state index contributed by atoms with van der Waals surface area (Å²) < 4.78 is 0. The van der Waals surface area contributed by atoms with Crippen molar-refractivity contribution in [1.29, 1.82) is 0 Å². The molecule has 1 amide bonds. The van der Waals surface area contributed by atoms with Crippen LogP contribution in [0.2, 0.25) is 0 Å². The van der Waals surface area contributed by atoms with Crippen molar-refractivity contribution in [1.82, 2.24) is 20.5 Å². The van der Waals surface area contributed by atoms with E-state index >= 15 is 0 Å². The zero-order chi connectivity index (χ0) is 23.5. The van der Waals surface area contributed by atoms with Crippen molar-refractivity contribution in [3.63, 3.8) is 0 Å². The number of fused-ring (bicyclic) bond motifs is 1. The van der Waals surface area contributed by atoms with Crippen molar-refractivity contribution in [2.75, 3.05) is 19.6 Å². The number of aromatic nitrogens is 1. The molecule has 3 aromatic rings. The second kappa shape index (κ2) is 10.5. The molecule has 2 fully saturated rings. The monoisotopic (exact) mass is 478 g/mol. The van der Waals surface area contributed by atoms with Crippen LogP contribution in [-0.4, -0.2) is 52.8 Å². The van der Waals surface area contributed by atoms with Crippen LogP contribution in [0.4, 0.5) is 0 Å². The van der Waals surface area contributed by atoms with E-state index in [2.05, 4.69) is 33.9 Å². The fourth-order valence-corrected chi connectivity index (χ4v) is 6.21. The highest BCUT2D eigenvalue weighted by atomic mass is 32.1. The summed E-state index contributed by atoms with van der Waals surface area (Å²) in [6.45, 7) is 4.79. The number of aliphatic hydroxyl groups is 1. The number of β-amino-alcohol motifs (C(OH)–C–C–N with tert-alkyl or cyclic N) is 1. The van der Waals surface area contributed by atoms with Crippen LogP contribution in [0.25, 0.3) is 21.5 Å². The summed E-state index contributed by atoms with van der Waals surface area (Å²) in [5, 5.41) is 19.6. The summed E-state index contributed by atoms with van der Waals surface area (Å²) >= 11 is 1.64. The number of amides is 1. The van der Waals surface area contributed by atoms with Gasteiger partial charge in [0.05, 0.1) is 21.7 Å². The van der Waals surface area contributed by atoms with Crippen LogP contribution < -0.4 is 10.6 Å². The SMILES string of the molecule is C[C@H](NC(=O)c1c(CN2CCNC(O)C2)c(-c2cccs2)nc2ccccc12)C1CCCCC1. The maximum atomic E-state index is 13.9. The minimum atomic E-state index is -0.559. The topological polar surface area (TPSA) is 77.5 Å². The first-order chi connectivity index (χ1) is 16.6. The van der Waals surface area contributed by atoms with Gasteiger partial charge in [0.1, 0.15) is 6.23 Å². The number of para-hydroxylation sites is 1. The van der Waals surface area contributed by atoms with E-state index in [1.54, 1.807) is 11.3 Å². The Morgan fingerprint density at radius 2 is 2.06 bits per heavy atom. The van der Waals surface area contributed by atoms with E-state index in [-0.39, 0.29) is 11.9 Å². The lowest BCUT2D eigenvalue weighted by atomic mass is 9.84. The third-order valence-corrected chi connectivity index (χ3v) is 8.19. The summed E-state index contributed by atoms with van der Waals surface area (Å²) in [5.74, 6) is 0.523. The molecule has 0 radical (unpaired) electrons. The number of hydrogen-bond acceptors (Lipinski definition) is 6. The number of pyridine rings is 1. The van der Waals surface area contributed by atoms with Gasteiger partial charge in [-0.05, 0) is 43.2 Å². The van der Waals surface area contributed by atoms with Gasteiger partial charge in [0.2, 0.25) is 0 Å². The van der Waals surface area contributed by atoms with Gasteiger partial charge in [0.15, 0.2) is 0 Å². The van der Waals surface area contributed by atoms with Crippen LogP contribution in [0, 0.1) is 5.92 Å². The third kappa shape index (κ3) is 5.03. The van der Waals surface area contributed by atoms with Crippen LogP contribution >= 0.6 is 11.3 Å². The van der Waals surface area contributed by atoms with Gasteiger partial charge >= 0.3 is 0 Å². The standard InChI is InChI=1S/C27H34N4O2S/c1-18(19-8-3-2-4-9-19)29-27(33)25-20-10-5-6-11-22(20)30-26(23-12-7-15-34-23)21(25)16-31-14-13-28-24(32)17-31/h5-7,10-12,15,18-19,24,28,32H,2-4,8-9,13-14,16-17H2,1H3,(H,29,33)/t18-,24?/m0/s1. The number of carbonyl (C=O) groups excluding carboxylic acids is 1. The third-order valence-electron chi connectivity index (χ3n) is 7.31. The molecule has 7 heteroatoms. The fraction of sp³-hybridized carbons (Fsp3) is 0.481. The Morgan fingerprint density at radius 3 is 2.82 bits per heavy atom. The van der Waals surface area contributed by atoms with E-state index in [0.717, 1.165) is 45.7 Å². The number of nitrogens with one attached hydrogen (secondary N) is 2. The Balaban J connectivity index is 1.58. The number of thiophene rings is 1. The van der Waals surface area contributed by atoms with Crippen molar-refractivity contribution < 1.29 is 9.90 Å². The second-order valence-corrected chi connectivity index (χ2v) is 10.6. The molecule has 34 heavy (non-hydrogen) atoms. The van der Waals surface area contributed by atoms with E-state index in [4.69, 9.17) is 4.98 Å². The summed E-state index contributed by atoms with van der Waals surface area (Å²) in [5.41, 5.74) is 3.39. The predicted molar refractivity (Wildman–Crippen MR) is 138 cm³/mol. The van der Waals surface area contributed by atoms with Crippen molar-refractivity contribution in [2.45, 2.75) is 57.8 Å². The van der Waals surface area contributed by atoms with Gasteiger partial charge in [-0.1, -0.05) is 43.5 Å². The Morgan fingerprint density at radius 1 is 1.24 bits per heavy atom. The molecule has 2 aromatic heterocycles. The smallest absolute Gasteiger partial charge is 0.252 e. The first-order valence-corrected chi connectivity index (χ1v) is 13.4. The van der Waals surface area contributed by atoms with Crippen LogP contribution in [0.1, 0.15) is 54.9 Å². The molecule has 3 N–H and O–H groups in total. The van der Waals surface area contributed by atoms with Gasteiger partial charge in [0.25, 0.3) is 5.91 Å². The fourth-order valence-electron chi connectivity index (χ4n) is 5.47. The minimum absolute atomic E-state index is 0.0137. The van der Waals surface area contributed by atoms with E-state index in [0.29, 0.717) is 19.0 Å². The lowest BCUT2D eigenvalue weighted by Gasteiger charge is -2.32. The lowest BCUT2D eigenvalue weighted by Crippen LogP contribution is -2.50. The quantitative estimate of drug-likeness (QED) is 0.490. The van der Waals surface area contributed by atoms with Gasteiger partial charge in [-0.15, -0.1) is 11.3 Å². The molecule has 3 heterocycles. The van der Waals surface area contributed by atoms with Gasteiger partial charge in [-0.2, -0.15) is 0 Å². The summed E-state index contributed by atoms with van der Waals surface area (Å²) in [4.78, 5) is 22.3. The Kier molecular flexibility index (Phi) is 7.25. The molecule has 5 rings (SSSR count). The van der Waals surface area contributed by atoms with Crippen LogP contribution in [-0.2, 0) is 6.54 Å². The molecule has 1 unspecified atom stereocenters. The van der Waals surface area contributed by atoms with Gasteiger partial charge < -0.3 is 10.4 Å². The number of aliphatic hydroxyl groups excluding tert-OH is 1. The molecular weight excluding hydrogens is 444 g/mol. The predicted octanol–water partition coefficient (Wildman–Crippen LogP) is 4.39. The molecule has 1 saturated heterocycles. The first kappa shape index (κ1) is 23.4. The van der Waals surface area contributed by atoms with Crippen molar-refractivity contribution in [3.05, 3.63) is 52.9 Å². The molecular formula is C27H34N4O2S. The molecule has 6 nitrogen and oxygen atoms in total. The molecule has 2 atom stereocenters. The highest BCUT2D eigenvalue weighted by molar-refractivity contribution is 7.13. The Labute approximate surface area is 205 Å². The molecule has 1 saturated carbocycles. The largest absolute Gasteiger partial charge is 0.377 e. The number of hydrogen-bond donors (Lipinski definition) is 3. The van der Waals surface area contributed by atoms with E-state index in [1.165, 1.54) is 32.1 Å². The second-order valence-electron chi connectivity index (χ2n) is 9.67. The molecule has 2 aliphatic rings. The lowest BCUT2D eigenvalue weighted by molar-refractivity contribution is 0.0510. The number of nitrogens with zero attached hydrogens (tertiary/aromatic N) is 2. The molecule has 1 aliphatic carbocycles. The van der Waals surface area contributed by atoms with Gasteiger partial charge in [0, 0.05) is 43.2 Å². The molecule has 0 bridgehead atoms. The maximum absolute atomic E-state index is 13.9. The number of rotatable bonds is 6. The summed E-state index contributed by atoms with van der Waals surface area (Å²) in [6, 6.07) is 12.2. The number of piperazine rings is 1. The van der Waals surface area contributed by atoms with Crippen LogP contribution in [0.15, 0.2) is 41.8 Å². The van der Waals surface area contributed by atoms with E-state index < -0.39 is 6.23 Å². The summed E-state index contributed by atoms with van der Waals surface area (Å²) in [6.07, 6.45) is 5.62. The van der Waals surface area contributed by atoms with Crippen molar-refractivity contribution >= 4 is 28.1 Å². The summed E-state index contributed by atoms with van der Waals surface area (Å²) in [7, 11) is 0. The number of benzene rings is 1. The normalized spacial score (nSPS) is 20.9. The average Bonchev–Trinajstić information content (AvgIpc) is 3.39. The van der Waals surface area contributed by atoms with Crippen molar-refractivity contribution in [2.24, 2.45) is 5.92 Å².